The molecule has 32 heavy (non-hydrogen) atoms. The first-order valence-electron chi connectivity index (χ1n) is 10.8. The number of nitrogens with zero attached hydrogens (tertiary/aromatic N) is 5. The summed E-state index contributed by atoms with van der Waals surface area (Å²) >= 11 is 6.97. The maximum Gasteiger partial charge on any atom is 0.232 e. The molecule has 0 spiro atoms. The maximum atomic E-state index is 5.56. The van der Waals surface area contributed by atoms with Gasteiger partial charge >= 0.3 is 0 Å². The lowest BCUT2D eigenvalue weighted by atomic mass is 10.0. The highest BCUT2D eigenvalue weighted by atomic mass is 32.2. The van der Waals surface area contributed by atoms with Crippen molar-refractivity contribution < 1.29 is 0 Å². The lowest BCUT2D eigenvalue weighted by Gasteiger charge is -2.32. The number of benzene rings is 1. The fourth-order valence-electron chi connectivity index (χ4n) is 3.67. The van der Waals surface area contributed by atoms with Crippen molar-refractivity contribution in [3.05, 3.63) is 60.4 Å². The summed E-state index contributed by atoms with van der Waals surface area (Å²) in [5.41, 5.74) is 1.16. The predicted octanol–water partition coefficient (Wildman–Crippen LogP) is 4.70. The standard InChI is InChI=1S/C23H27N7S2/c1-16-8-6-13-30(15-16)19-14-20(32-23-24-11-7-12-25-23)28-21(27-19)29-22(31)26-17(2)18-9-4-3-5-10-18/h3-5,7,9-12,14,16-17H,6,8,13,15H2,1-2H3,(H2,26,27,28,29,31). The highest BCUT2D eigenvalue weighted by Crippen LogP contribution is 2.29. The van der Waals surface area contributed by atoms with Crippen molar-refractivity contribution in [3.63, 3.8) is 0 Å². The Morgan fingerprint density at radius 1 is 1.16 bits per heavy atom. The second-order valence-corrected chi connectivity index (χ2v) is 9.34. The molecular weight excluding hydrogens is 438 g/mol. The number of rotatable bonds is 6. The molecule has 0 radical (unpaired) electrons. The first-order chi connectivity index (χ1) is 15.6. The Kier molecular flexibility index (Phi) is 7.49. The topological polar surface area (TPSA) is 78.9 Å². The highest BCUT2D eigenvalue weighted by Gasteiger charge is 2.20. The molecule has 1 saturated heterocycles. The molecule has 1 aliphatic rings. The third kappa shape index (κ3) is 6.14. The van der Waals surface area contributed by atoms with Gasteiger partial charge in [0.15, 0.2) is 10.3 Å². The normalized spacial score (nSPS) is 16.9. The number of hydrogen-bond acceptors (Lipinski definition) is 7. The molecule has 166 valence electrons. The number of nitrogens with one attached hydrogen (secondary N) is 2. The molecule has 2 aromatic heterocycles. The van der Waals surface area contributed by atoms with Gasteiger partial charge in [0.05, 0.1) is 6.04 Å². The largest absolute Gasteiger partial charge is 0.356 e. The minimum Gasteiger partial charge on any atom is -0.356 e. The molecular formula is C23H27N7S2. The molecule has 9 heteroatoms. The van der Waals surface area contributed by atoms with Crippen molar-refractivity contribution >= 4 is 40.9 Å². The Bertz CT molecular complexity index is 1030. The molecule has 7 nitrogen and oxygen atoms in total. The molecule has 1 aromatic carbocycles. The summed E-state index contributed by atoms with van der Waals surface area (Å²) in [5, 5.41) is 8.40. The van der Waals surface area contributed by atoms with Gasteiger partial charge in [-0.05, 0) is 61.3 Å². The summed E-state index contributed by atoms with van der Waals surface area (Å²) < 4.78 is 0. The van der Waals surface area contributed by atoms with Crippen LogP contribution in [-0.4, -0.2) is 38.1 Å². The van der Waals surface area contributed by atoms with E-state index in [-0.39, 0.29) is 6.04 Å². The van der Waals surface area contributed by atoms with Crippen LogP contribution in [0.15, 0.2) is 65.0 Å². The maximum absolute atomic E-state index is 5.56. The molecule has 1 fully saturated rings. The van der Waals surface area contributed by atoms with E-state index in [1.54, 1.807) is 18.5 Å². The average Bonchev–Trinajstić information content (AvgIpc) is 2.80. The zero-order valence-electron chi connectivity index (χ0n) is 18.2. The third-order valence-electron chi connectivity index (χ3n) is 5.28. The van der Waals surface area contributed by atoms with Crippen molar-refractivity contribution in [3.8, 4) is 0 Å². The molecule has 4 rings (SSSR count). The molecule has 3 aromatic rings. The van der Waals surface area contributed by atoms with Crippen LogP contribution in [0, 0.1) is 5.92 Å². The Labute approximate surface area is 198 Å². The lowest BCUT2D eigenvalue weighted by Crippen LogP contribution is -2.35. The van der Waals surface area contributed by atoms with E-state index >= 15 is 0 Å². The Hall–Kier alpha value is -2.78. The molecule has 0 amide bonds. The molecule has 0 aliphatic carbocycles. The van der Waals surface area contributed by atoms with Crippen molar-refractivity contribution in [2.24, 2.45) is 5.92 Å². The lowest BCUT2D eigenvalue weighted by molar-refractivity contribution is 0.444. The van der Waals surface area contributed by atoms with Crippen LogP contribution >= 0.6 is 24.0 Å². The van der Waals surface area contributed by atoms with Gasteiger partial charge in [-0.1, -0.05) is 37.3 Å². The van der Waals surface area contributed by atoms with E-state index < -0.39 is 0 Å². The summed E-state index contributed by atoms with van der Waals surface area (Å²) in [4.78, 5) is 20.4. The summed E-state index contributed by atoms with van der Waals surface area (Å²) in [6.45, 7) is 6.32. The molecule has 0 saturated carbocycles. The van der Waals surface area contributed by atoms with Gasteiger partial charge in [0, 0.05) is 31.5 Å². The highest BCUT2D eigenvalue weighted by molar-refractivity contribution is 7.99. The van der Waals surface area contributed by atoms with E-state index in [1.165, 1.54) is 18.2 Å². The minimum absolute atomic E-state index is 0.0638. The SMILES string of the molecule is CC1CCCN(c2cc(Sc3ncccn3)nc(NC(=S)NC(C)c3ccccc3)n2)C1. The van der Waals surface area contributed by atoms with Gasteiger partial charge in [-0.25, -0.2) is 15.0 Å². The molecule has 0 bridgehead atoms. The Morgan fingerprint density at radius 2 is 1.94 bits per heavy atom. The summed E-state index contributed by atoms with van der Waals surface area (Å²) in [7, 11) is 0. The smallest absolute Gasteiger partial charge is 0.232 e. The van der Waals surface area contributed by atoms with Crippen molar-refractivity contribution in [1.82, 2.24) is 25.3 Å². The second-order valence-electron chi connectivity index (χ2n) is 7.95. The van der Waals surface area contributed by atoms with Crippen LogP contribution in [0.3, 0.4) is 0 Å². The van der Waals surface area contributed by atoms with Crippen LogP contribution in [0.25, 0.3) is 0 Å². The number of thiocarbonyl (C=S) groups is 1. The zero-order chi connectivity index (χ0) is 22.3. The first kappa shape index (κ1) is 22.4. The Morgan fingerprint density at radius 3 is 2.69 bits per heavy atom. The van der Waals surface area contributed by atoms with Crippen LogP contribution < -0.4 is 15.5 Å². The van der Waals surface area contributed by atoms with E-state index in [0.717, 1.165) is 35.9 Å². The van der Waals surface area contributed by atoms with Gasteiger partial charge in [0.2, 0.25) is 5.95 Å². The molecule has 2 unspecified atom stereocenters. The molecule has 1 aliphatic heterocycles. The fraction of sp³-hybridized carbons (Fsp3) is 0.348. The van der Waals surface area contributed by atoms with Gasteiger partial charge in [-0.15, -0.1) is 0 Å². The van der Waals surface area contributed by atoms with Gasteiger partial charge in [-0.2, -0.15) is 4.98 Å². The monoisotopic (exact) mass is 465 g/mol. The van der Waals surface area contributed by atoms with E-state index in [2.05, 4.69) is 56.5 Å². The van der Waals surface area contributed by atoms with E-state index in [9.17, 15) is 0 Å². The number of anilines is 2. The van der Waals surface area contributed by atoms with Gasteiger partial charge in [0.1, 0.15) is 10.8 Å². The van der Waals surface area contributed by atoms with Crippen LogP contribution in [0.4, 0.5) is 11.8 Å². The number of hydrogen-bond donors (Lipinski definition) is 2. The summed E-state index contributed by atoms with van der Waals surface area (Å²) in [6.07, 6.45) is 5.87. The molecule has 2 N–H and O–H groups in total. The fourth-order valence-corrected chi connectivity index (χ4v) is 4.65. The van der Waals surface area contributed by atoms with Gasteiger partial charge in [-0.3, -0.25) is 0 Å². The number of aromatic nitrogens is 4. The molecule has 3 heterocycles. The van der Waals surface area contributed by atoms with Gasteiger partial charge < -0.3 is 15.5 Å². The van der Waals surface area contributed by atoms with Crippen molar-refractivity contribution in [1.29, 1.82) is 0 Å². The summed E-state index contributed by atoms with van der Waals surface area (Å²) in [6, 6.07) is 14.1. The predicted molar refractivity (Wildman–Crippen MR) is 133 cm³/mol. The quantitative estimate of drug-likeness (QED) is 0.306. The number of piperidine rings is 1. The van der Waals surface area contributed by atoms with Crippen molar-refractivity contribution in [2.75, 3.05) is 23.3 Å². The van der Waals surface area contributed by atoms with Crippen LogP contribution in [-0.2, 0) is 0 Å². The van der Waals surface area contributed by atoms with E-state index in [4.69, 9.17) is 17.2 Å². The van der Waals surface area contributed by atoms with Crippen LogP contribution in [0.5, 0.6) is 0 Å². The second kappa shape index (κ2) is 10.7. The van der Waals surface area contributed by atoms with Crippen LogP contribution in [0.1, 0.15) is 38.3 Å². The van der Waals surface area contributed by atoms with E-state index in [0.29, 0.717) is 22.1 Å². The average molecular weight is 466 g/mol. The zero-order valence-corrected chi connectivity index (χ0v) is 19.9. The van der Waals surface area contributed by atoms with Crippen LogP contribution in [0.2, 0.25) is 0 Å². The first-order valence-corrected chi connectivity index (χ1v) is 12.0. The minimum atomic E-state index is 0.0638. The van der Waals surface area contributed by atoms with E-state index in [1.807, 2.05) is 24.3 Å². The molecule has 2 atom stereocenters. The Balaban J connectivity index is 1.53. The van der Waals surface area contributed by atoms with Crippen molar-refractivity contribution in [2.45, 2.75) is 42.9 Å². The summed E-state index contributed by atoms with van der Waals surface area (Å²) in [5.74, 6) is 2.00. The third-order valence-corrected chi connectivity index (χ3v) is 6.31. The van der Waals surface area contributed by atoms with Gasteiger partial charge in [0.25, 0.3) is 0 Å².